The number of nitrogens with one attached hydrogen (secondary N) is 2. The van der Waals surface area contributed by atoms with E-state index < -0.39 is 0 Å². The first kappa shape index (κ1) is 11.9. The minimum absolute atomic E-state index is 0.0809. The fraction of sp³-hybridized carbons (Fsp3) is 0.923. The molecule has 0 unspecified atom stereocenters. The lowest BCUT2D eigenvalue weighted by atomic mass is 9.89. The highest BCUT2D eigenvalue weighted by Crippen LogP contribution is 2.22. The highest BCUT2D eigenvalue weighted by atomic mass is 16.2. The summed E-state index contributed by atoms with van der Waals surface area (Å²) >= 11 is 0. The van der Waals surface area contributed by atoms with E-state index >= 15 is 0 Å². The number of amides is 1. The third kappa shape index (κ3) is 3.48. The van der Waals surface area contributed by atoms with Crippen molar-refractivity contribution in [1.29, 1.82) is 0 Å². The summed E-state index contributed by atoms with van der Waals surface area (Å²) in [7, 11) is 0. The van der Waals surface area contributed by atoms with E-state index in [0.717, 1.165) is 25.4 Å². The monoisotopic (exact) mass is 224 g/mol. The number of carbonyl (C=O) groups is 1. The van der Waals surface area contributed by atoms with Gasteiger partial charge in [0.1, 0.15) is 0 Å². The highest BCUT2D eigenvalue weighted by molar-refractivity contribution is 5.81. The van der Waals surface area contributed by atoms with Gasteiger partial charge >= 0.3 is 0 Å². The van der Waals surface area contributed by atoms with Crippen LogP contribution in [0, 0.1) is 5.92 Å². The number of hydrogen-bond acceptors (Lipinski definition) is 2. The zero-order valence-electron chi connectivity index (χ0n) is 10.1. The molecule has 1 aliphatic heterocycles. The minimum Gasteiger partial charge on any atom is -0.354 e. The van der Waals surface area contributed by atoms with Crippen LogP contribution in [0.4, 0.5) is 0 Å². The summed E-state index contributed by atoms with van der Waals surface area (Å²) in [5.41, 5.74) is 0. The molecule has 3 nitrogen and oxygen atoms in total. The Balaban J connectivity index is 1.65. The van der Waals surface area contributed by atoms with Crippen molar-refractivity contribution in [1.82, 2.24) is 10.6 Å². The molecule has 92 valence electrons. The zero-order valence-corrected chi connectivity index (χ0v) is 10.1. The third-order valence-corrected chi connectivity index (χ3v) is 3.92. The van der Waals surface area contributed by atoms with Crippen LogP contribution in [0.5, 0.6) is 0 Å². The molecule has 0 aromatic heterocycles. The van der Waals surface area contributed by atoms with Crippen LogP contribution in [0.3, 0.4) is 0 Å². The summed E-state index contributed by atoms with van der Waals surface area (Å²) in [5, 5.41) is 6.42. The Morgan fingerprint density at radius 2 is 1.81 bits per heavy atom. The number of rotatable bonds is 3. The van der Waals surface area contributed by atoms with E-state index in [0.29, 0.717) is 0 Å². The van der Waals surface area contributed by atoms with Crippen LogP contribution in [-0.4, -0.2) is 25.0 Å². The molecule has 2 rings (SSSR count). The molecule has 16 heavy (non-hydrogen) atoms. The second kappa shape index (κ2) is 6.24. The van der Waals surface area contributed by atoms with Gasteiger partial charge in [0.05, 0.1) is 6.04 Å². The number of carbonyl (C=O) groups excluding carboxylic acids is 1. The third-order valence-electron chi connectivity index (χ3n) is 3.92. The van der Waals surface area contributed by atoms with Crippen molar-refractivity contribution in [3.63, 3.8) is 0 Å². The lowest BCUT2D eigenvalue weighted by Crippen LogP contribution is -2.47. The van der Waals surface area contributed by atoms with Crippen molar-refractivity contribution in [2.75, 3.05) is 13.1 Å². The Morgan fingerprint density at radius 3 is 2.50 bits per heavy atom. The Kier molecular flexibility index (Phi) is 4.64. The Labute approximate surface area is 98.4 Å². The van der Waals surface area contributed by atoms with Gasteiger partial charge in [-0.05, 0) is 38.1 Å². The molecule has 0 spiro atoms. The van der Waals surface area contributed by atoms with Gasteiger partial charge in [-0.3, -0.25) is 4.79 Å². The van der Waals surface area contributed by atoms with Crippen molar-refractivity contribution in [3.8, 4) is 0 Å². The van der Waals surface area contributed by atoms with Crippen molar-refractivity contribution in [2.24, 2.45) is 5.92 Å². The minimum atomic E-state index is 0.0809. The summed E-state index contributed by atoms with van der Waals surface area (Å²) in [6, 6.07) is 0.0809. The van der Waals surface area contributed by atoms with Crippen molar-refractivity contribution in [2.45, 2.75) is 57.4 Å². The average Bonchev–Trinajstić information content (AvgIpc) is 2.38. The van der Waals surface area contributed by atoms with E-state index in [9.17, 15) is 4.79 Å². The maximum Gasteiger partial charge on any atom is 0.237 e. The summed E-state index contributed by atoms with van der Waals surface area (Å²) < 4.78 is 0. The Morgan fingerprint density at radius 1 is 1.06 bits per heavy atom. The van der Waals surface area contributed by atoms with Gasteiger partial charge in [0.25, 0.3) is 0 Å². The first-order valence-corrected chi connectivity index (χ1v) is 6.87. The molecule has 1 saturated carbocycles. The predicted octanol–water partition coefficient (Wildman–Crippen LogP) is 1.82. The SMILES string of the molecule is O=C(NCC1CCCCC1)[C@H]1CCCCN1. The van der Waals surface area contributed by atoms with E-state index in [1.165, 1.54) is 44.9 Å². The van der Waals surface area contributed by atoms with E-state index in [2.05, 4.69) is 10.6 Å². The quantitative estimate of drug-likeness (QED) is 0.768. The second-order valence-electron chi connectivity index (χ2n) is 5.25. The molecule has 0 aromatic rings. The molecule has 0 aromatic carbocycles. The molecule has 0 radical (unpaired) electrons. The van der Waals surface area contributed by atoms with Gasteiger partial charge in [-0.15, -0.1) is 0 Å². The summed E-state index contributed by atoms with van der Waals surface area (Å²) in [6.07, 6.45) is 10.1. The second-order valence-corrected chi connectivity index (χ2v) is 5.25. The smallest absolute Gasteiger partial charge is 0.237 e. The van der Waals surface area contributed by atoms with Crippen LogP contribution in [0.25, 0.3) is 0 Å². The fourth-order valence-corrected chi connectivity index (χ4v) is 2.84. The predicted molar refractivity (Wildman–Crippen MR) is 65.2 cm³/mol. The molecule has 2 fully saturated rings. The molecule has 1 amide bonds. The van der Waals surface area contributed by atoms with Crippen LogP contribution in [-0.2, 0) is 4.79 Å². The van der Waals surface area contributed by atoms with Crippen LogP contribution >= 0.6 is 0 Å². The lowest BCUT2D eigenvalue weighted by Gasteiger charge is -2.25. The van der Waals surface area contributed by atoms with Crippen LogP contribution in [0.1, 0.15) is 51.4 Å². The molecule has 0 bridgehead atoms. The standard InChI is InChI=1S/C13H24N2O/c16-13(12-8-4-5-9-14-12)15-10-11-6-2-1-3-7-11/h11-12,14H,1-10H2,(H,15,16)/t12-/m1/s1. The van der Waals surface area contributed by atoms with Gasteiger partial charge in [-0.1, -0.05) is 25.7 Å². The molecule has 2 aliphatic rings. The van der Waals surface area contributed by atoms with Crippen molar-refractivity contribution >= 4 is 5.91 Å². The molecule has 1 atom stereocenters. The average molecular weight is 224 g/mol. The first-order chi connectivity index (χ1) is 7.86. The topological polar surface area (TPSA) is 41.1 Å². The van der Waals surface area contributed by atoms with Crippen LogP contribution in [0.2, 0.25) is 0 Å². The fourth-order valence-electron chi connectivity index (χ4n) is 2.84. The summed E-state index contributed by atoms with van der Waals surface area (Å²) in [5.74, 6) is 0.964. The normalized spacial score (nSPS) is 27.6. The molecule has 1 aliphatic carbocycles. The van der Waals surface area contributed by atoms with Crippen LogP contribution in [0.15, 0.2) is 0 Å². The molecular weight excluding hydrogens is 200 g/mol. The van der Waals surface area contributed by atoms with E-state index in [4.69, 9.17) is 0 Å². The maximum atomic E-state index is 11.9. The Hall–Kier alpha value is -0.570. The van der Waals surface area contributed by atoms with E-state index in [1.54, 1.807) is 0 Å². The molecular formula is C13H24N2O. The van der Waals surface area contributed by atoms with Gasteiger partial charge in [0.15, 0.2) is 0 Å². The van der Waals surface area contributed by atoms with Gasteiger partial charge in [0.2, 0.25) is 5.91 Å². The van der Waals surface area contributed by atoms with Gasteiger partial charge in [-0.25, -0.2) is 0 Å². The number of hydrogen-bond donors (Lipinski definition) is 2. The van der Waals surface area contributed by atoms with Gasteiger partial charge in [-0.2, -0.15) is 0 Å². The van der Waals surface area contributed by atoms with Crippen molar-refractivity contribution < 1.29 is 4.79 Å². The van der Waals surface area contributed by atoms with Crippen molar-refractivity contribution in [3.05, 3.63) is 0 Å². The van der Waals surface area contributed by atoms with Gasteiger partial charge in [0, 0.05) is 6.54 Å². The van der Waals surface area contributed by atoms with E-state index in [1.807, 2.05) is 0 Å². The molecule has 3 heteroatoms. The van der Waals surface area contributed by atoms with Crippen LogP contribution < -0.4 is 10.6 Å². The van der Waals surface area contributed by atoms with Gasteiger partial charge < -0.3 is 10.6 Å². The molecule has 1 saturated heterocycles. The largest absolute Gasteiger partial charge is 0.354 e. The molecule has 1 heterocycles. The molecule has 2 N–H and O–H groups in total. The highest BCUT2D eigenvalue weighted by Gasteiger charge is 2.21. The zero-order chi connectivity index (χ0) is 11.2. The number of piperidine rings is 1. The lowest BCUT2D eigenvalue weighted by molar-refractivity contribution is -0.123. The Bertz CT molecular complexity index is 218. The maximum absolute atomic E-state index is 11.9. The summed E-state index contributed by atoms with van der Waals surface area (Å²) in [6.45, 7) is 1.90. The van der Waals surface area contributed by atoms with E-state index in [-0.39, 0.29) is 11.9 Å². The first-order valence-electron chi connectivity index (χ1n) is 6.87. The summed E-state index contributed by atoms with van der Waals surface area (Å²) in [4.78, 5) is 11.9.